The van der Waals surface area contributed by atoms with Crippen molar-refractivity contribution in [2.45, 2.75) is 12.2 Å². The quantitative estimate of drug-likeness (QED) is 0.305. The molecule has 2 N–H and O–H groups in total. The second kappa shape index (κ2) is 5.45. The molecule has 0 bridgehead atoms. The lowest BCUT2D eigenvalue weighted by Crippen LogP contribution is -2.34. The monoisotopic (exact) mass is 174 g/mol. The van der Waals surface area contributed by atoms with E-state index < -0.39 is 24.8 Å². The van der Waals surface area contributed by atoms with E-state index in [1.165, 1.54) is 0 Å². The zero-order chi connectivity index (χ0) is 9.56. The van der Waals surface area contributed by atoms with Gasteiger partial charge in [0.15, 0.2) is 12.4 Å². The highest BCUT2D eigenvalue weighted by Gasteiger charge is 2.20. The fourth-order valence-electron chi connectivity index (χ4n) is 0.483. The van der Waals surface area contributed by atoms with Crippen LogP contribution in [0.3, 0.4) is 0 Å². The van der Waals surface area contributed by atoms with Crippen LogP contribution in [0.15, 0.2) is 12.7 Å². The van der Waals surface area contributed by atoms with Crippen molar-refractivity contribution in [1.29, 1.82) is 0 Å². The SMILES string of the molecule is C=CC(=O)O[C@@H](C=O)[C@H](O)CO. The topological polar surface area (TPSA) is 83.8 Å². The Balaban J connectivity index is 4.07. The molecule has 0 heterocycles. The first-order chi connectivity index (χ1) is 5.65. The summed E-state index contributed by atoms with van der Waals surface area (Å²) in [7, 11) is 0. The summed E-state index contributed by atoms with van der Waals surface area (Å²) < 4.78 is 4.37. The van der Waals surface area contributed by atoms with Gasteiger partial charge in [0.25, 0.3) is 0 Å². The van der Waals surface area contributed by atoms with Gasteiger partial charge in [-0.25, -0.2) is 4.79 Å². The zero-order valence-electron chi connectivity index (χ0n) is 6.34. The van der Waals surface area contributed by atoms with Crippen LogP contribution in [-0.2, 0) is 14.3 Å². The molecular formula is C7H10O5. The molecule has 0 fully saturated rings. The predicted octanol–water partition coefficient (Wildman–Crippen LogP) is -1.36. The number of esters is 1. The minimum absolute atomic E-state index is 0.238. The molecule has 0 aromatic rings. The second-order valence-electron chi connectivity index (χ2n) is 1.99. The van der Waals surface area contributed by atoms with Crippen molar-refractivity contribution in [2.24, 2.45) is 0 Å². The Labute approximate surface area is 69.3 Å². The summed E-state index contributed by atoms with van der Waals surface area (Å²) in [6, 6.07) is 0. The van der Waals surface area contributed by atoms with Crippen LogP contribution in [0.1, 0.15) is 0 Å². The summed E-state index contributed by atoms with van der Waals surface area (Å²) in [4.78, 5) is 20.7. The van der Waals surface area contributed by atoms with E-state index in [1.54, 1.807) is 0 Å². The fraction of sp³-hybridized carbons (Fsp3) is 0.429. The fourth-order valence-corrected chi connectivity index (χ4v) is 0.483. The van der Waals surface area contributed by atoms with Crippen LogP contribution in [0.5, 0.6) is 0 Å². The number of hydrogen-bond acceptors (Lipinski definition) is 5. The molecule has 2 atom stereocenters. The van der Waals surface area contributed by atoms with Crippen LogP contribution in [0.4, 0.5) is 0 Å². The van der Waals surface area contributed by atoms with Gasteiger partial charge in [0, 0.05) is 6.08 Å². The molecule has 0 radical (unpaired) electrons. The number of carbonyl (C=O) groups is 2. The lowest BCUT2D eigenvalue weighted by Gasteiger charge is -2.14. The molecule has 0 rings (SSSR count). The van der Waals surface area contributed by atoms with E-state index >= 15 is 0 Å². The molecule has 5 heteroatoms. The maximum Gasteiger partial charge on any atom is 0.330 e. The van der Waals surface area contributed by atoms with Gasteiger partial charge in [-0.1, -0.05) is 6.58 Å². The minimum Gasteiger partial charge on any atom is -0.449 e. The molecule has 0 amide bonds. The maximum atomic E-state index is 10.5. The van der Waals surface area contributed by atoms with Gasteiger partial charge < -0.3 is 14.9 Å². The van der Waals surface area contributed by atoms with E-state index in [0.717, 1.165) is 6.08 Å². The van der Waals surface area contributed by atoms with Gasteiger partial charge in [0.05, 0.1) is 6.61 Å². The Kier molecular flexibility index (Phi) is 4.91. The number of carbonyl (C=O) groups excluding carboxylic acids is 2. The van der Waals surface area contributed by atoms with Crippen molar-refractivity contribution in [2.75, 3.05) is 6.61 Å². The third kappa shape index (κ3) is 3.27. The molecule has 0 aliphatic carbocycles. The highest BCUT2D eigenvalue weighted by atomic mass is 16.6. The number of aliphatic hydroxyl groups excluding tert-OH is 2. The molecule has 0 spiro atoms. The Morgan fingerprint density at radius 2 is 2.25 bits per heavy atom. The molecule has 0 saturated carbocycles. The minimum atomic E-state index is -1.38. The van der Waals surface area contributed by atoms with E-state index in [9.17, 15) is 9.59 Å². The van der Waals surface area contributed by atoms with Crippen molar-refractivity contribution in [1.82, 2.24) is 0 Å². The van der Waals surface area contributed by atoms with Gasteiger partial charge in [0.2, 0.25) is 0 Å². The average Bonchev–Trinajstić information content (AvgIpc) is 2.12. The summed E-state index contributed by atoms with van der Waals surface area (Å²) in [5.41, 5.74) is 0. The van der Waals surface area contributed by atoms with Crippen LogP contribution in [-0.4, -0.2) is 41.3 Å². The average molecular weight is 174 g/mol. The van der Waals surface area contributed by atoms with Gasteiger partial charge in [0.1, 0.15) is 6.10 Å². The normalized spacial score (nSPS) is 14.5. The van der Waals surface area contributed by atoms with E-state index in [4.69, 9.17) is 10.2 Å². The number of hydrogen-bond donors (Lipinski definition) is 2. The summed E-state index contributed by atoms with van der Waals surface area (Å²) in [5, 5.41) is 17.3. The van der Waals surface area contributed by atoms with Gasteiger partial charge >= 0.3 is 5.97 Å². The predicted molar refractivity (Wildman–Crippen MR) is 39.2 cm³/mol. The van der Waals surface area contributed by atoms with Crippen molar-refractivity contribution in [3.8, 4) is 0 Å². The Hall–Kier alpha value is -1.20. The van der Waals surface area contributed by atoms with E-state index in [2.05, 4.69) is 11.3 Å². The van der Waals surface area contributed by atoms with Crippen molar-refractivity contribution in [3.63, 3.8) is 0 Å². The van der Waals surface area contributed by atoms with E-state index in [-0.39, 0.29) is 6.29 Å². The molecular weight excluding hydrogens is 164 g/mol. The lowest BCUT2D eigenvalue weighted by molar-refractivity contribution is -0.154. The van der Waals surface area contributed by atoms with Crippen LogP contribution in [0.2, 0.25) is 0 Å². The lowest BCUT2D eigenvalue weighted by atomic mass is 10.2. The van der Waals surface area contributed by atoms with Crippen molar-refractivity contribution in [3.05, 3.63) is 12.7 Å². The zero-order valence-corrected chi connectivity index (χ0v) is 6.34. The molecule has 68 valence electrons. The number of rotatable bonds is 5. The Morgan fingerprint density at radius 3 is 2.58 bits per heavy atom. The van der Waals surface area contributed by atoms with Crippen molar-refractivity contribution >= 4 is 12.3 Å². The van der Waals surface area contributed by atoms with Gasteiger partial charge in [-0.05, 0) is 0 Å². The third-order valence-corrected chi connectivity index (χ3v) is 1.12. The standard InChI is InChI=1S/C7H10O5/c1-2-7(11)12-6(4-9)5(10)3-8/h2,4-6,8,10H,1,3H2/t5-,6+/m1/s1. The molecule has 5 nitrogen and oxygen atoms in total. The molecule has 0 unspecified atom stereocenters. The van der Waals surface area contributed by atoms with Gasteiger partial charge in [-0.3, -0.25) is 4.79 Å². The first kappa shape index (κ1) is 10.8. The van der Waals surface area contributed by atoms with E-state index in [1.807, 2.05) is 0 Å². The largest absolute Gasteiger partial charge is 0.449 e. The Morgan fingerprint density at radius 1 is 1.67 bits per heavy atom. The second-order valence-corrected chi connectivity index (χ2v) is 1.99. The smallest absolute Gasteiger partial charge is 0.330 e. The van der Waals surface area contributed by atoms with Crippen molar-refractivity contribution < 1.29 is 24.5 Å². The summed E-state index contributed by atoms with van der Waals surface area (Å²) in [6.07, 6.45) is -1.62. The number of aldehydes is 1. The summed E-state index contributed by atoms with van der Waals surface area (Å²) in [5.74, 6) is -0.820. The van der Waals surface area contributed by atoms with Crippen LogP contribution in [0, 0.1) is 0 Å². The molecule has 12 heavy (non-hydrogen) atoms. The molecule has 0 aliphatic heterocycles. The number of ether oxygens (including phenoxy) is 1. The van der Waals surface area contributed by atoms with Crippen LogP contribution >= 0.6 is 0 Å². The molecule has 0 aromatic carbocycles. The first-order valence-electron chi connectivity index (χ1n) is 3.23. The van der Waals surface area contributed by atoms with Crippen LogP contribution in [0.25, 0.3) is 0 Å². The molecule has 0 aromatic heterocycles. The molecule has 0 saturated heterocycles. The van der Waals surface area contributed by atoms with E-state index in [0.29, 0.717) is 0 Å². The van der Waals surface area contributed by atoms with Gasteiger partial charge in [-0.2, -0.15) is 0 Å². The van der Waals surface area contributed by atoms with Crippen LogP contribution < -0.4 is 0 Å². The highest BCUT2D eigenvalue weighted by molar-refractivity contribution is 5.82. The Bertz CT molecular complexity index is 177. The molecule has 0 aliphatic rings. The maximum absolute atomic E-state index is 10.5. The third-order valence-electron chi connectivity index (χ3n) is 1.12. The first-order valence-corrected chi connectivity index (χ1v) is 3.23. The highest BCUT2D eigenvalue weighted by Crippen LogP contribution is 1.96. The summed E-state index contributed by atoms with van der Waals surface area (Å²) >= 11 is 0. The summed E-state index contributed by atoms with van der Waals surface area (Å²) in [6.45, 7) is 2.45. The van der Waals surface area contributed by atoms with Gasteiger partial charge in [-0.15, -0.1) is 0 Å². The number of aliphatic hydroxyl groups is 2.